The Bertz CT molecular complexity index is 1090. The van der Waals surface area contributed by atoms with Gasteiger partial charge in [-0.15, -0.1) is 0 Å². The minimum atomic E-state index is -0.532. The molecule has 0 fully saturated rings. The summed E-state index contributed by atoms with van der Waals surface area (Å²) in [6.07, 6.45) is 1.91. The molecule has 0 saturated heterocycles. The number of ketones is 1. The van der Waals surface area contributed by atoms with Gasteiger partial charge < -0.3 is 15.2 Å². The fourth-order valence-electron chi connectivity index (χ4n) is 4.44. The van der Waals surface area contributed by atoms with Gasteiger partial charge in [0.25, 0.3) is 0 Å². The van der Waals surface area contributed by atoms with Crippen molar-refractivity contribution in [2.75, 3.05) is 19.1 Å². The van der Waals surface area contributed by atoms with E-state index >= 15 is 0 Å². The van der Waals surface area contributed by atoms with Crippen LogP contribution < -0.4 is 20.1 Å². The van der Waals surface area contributed by atoms with Crippen LogP contribution in [-0.2, 0) is 9.59 Å². The summed E-state index contributed by atoms with van der Waals surface area (Å²) in [5.41, 5.74) is 8.50. The van der Waals surface area contributed by atoms with E-state index in [4.69, 9.17) is 15.2 Å². The van der Waals surface area contributed by atoms with Crippen molar-refractivity contribution in [2.24, 2.45) is 5.73 Å². The molecule has 160 valence electrons. The third-order valence-electron chi connectivity index (χ3n) is 5.90. The first-order valence-electron chi connectivity index (χ1n) is 10.2. The zero-order chi connectivity index (χ0) is 22.1. The first-order chi connectivity index (χ1) is 14.9. The summed E-state index contributed by atoms with van der Waals surface area (Å²) in [5.74, 6) is 0.261. The van der Waals surface area contributed by atoms with Crippen LogP contribution >= 0.6 is 0 Å². The highest BCUT2D eigenvalue weighted by Gasteiger charge is 2.40. The first kappa shape index (κ1) is 20.7. The summed E-state index contributed by atoms with van der Waals surface area (Å²) in [7, 11) is 3.14. The van der Waals surface area contributed by atoms with Crippen LogP contribution in [0.25, 0.3) is 0 Å². The Labute approximate surface area is 180 Å². The second kappa shape index (κ2) is 8.26. The molecule has 2 aromatic carbocycles. The van der Waals surface area contributed by atoms with Crippen LogP contribution in [0.15, 0.2) is 53.7 Å². The number of benzene rings is 2. The highest BCUT2D eigenvalue weighted by molar-refractivity contribution is 6.07. The molecule has 1 unspecified atom stereocenters. The second-order valence-electron chi connectivity index (χ2n) is 7.64. The predicted octanol–water partition coefficient (Wildman–Crippen LogP) is 3.33. The summed E-state index contributed by atoms with van der Waals surface area (Å²) >= 11 is 0. The topological polar surface area (TPSA) is 98.9 Å². The molecule has 0 aromatic heterocycles. The highest BCUT2D eigenvalue weighted by atomic mass is 16.5. The summed E-state index contributed by atoms with van der Waals surface area (Å²) in [6, 6.07) is 12.0. The number of hydrogen-bond donors (Lipinski definition) is 1. The molecular formula is C24H24N2O5. The number of carbonyl (C=O) groups excluding carboxylic acids is 3. The van der Waals surface area contributed by atoms with Crippen molar-refractivity contribution in [3.63, 3.8) is 0 Å². The Balaban J connectivity index is 1.83. The number of amides is 2. The average Bonchev–Trinajstić information content (AvgIpc) is 2.78. The van der Waals surface area contributed by atoms with Crippen molar-refractivity contribution >= 4 is 23.3 Å². The van der Waals surface area contributed by atoms with Crippen LogP contribution in [-0.4, -0.2) is 31.8 Å². The third-order valence-corrected chi connectivity index (χ3v) is 5.90. The monoisotopic (exact) mass is 420 g/mol. The molecule has 0 saturated carbocycles. The number of Topliss-reactive ketones (excluding diaryl/α,β-unsaturated/α-hetero) is 1. The molecule has 0 bridgehead atoms. The lowest BCUT2D eigenvalue weighted by Gasteiger charge is -2.38. The lowest BCUT2D eigenvalue weighted by atomic mass is 9.76. The van der Waals surface area contributed by atoms with Crippen LogP contribution in [0.2, 0.25) is 0 Å². The second-order valence-corrected chi connectivity index (χ2v) is 7.64. The summed E-state index contributed by atoms with van der Waals surface area (Å²) in [4.78, 5) is 39.4. The number of nitrogens with zero attached hydrogens (tertiary/aromatic N) is 1. The van der Waals surface area contributed by atoms with Gasteiger partial charge in [-0.1, -0.05) is 6.07 Å². The highest BCUT2D eigenvalue weighted by Crippen LogP contribution is 2.46. The molecule has 7 nitrogen and oxygen atoms in total. The Morgan fingerprint density at radius 3 is 2.42 bits per heavy atom. The normalized spacial score (nSPS) is 18.6. The number of anilines is 1. The van der Waals surface area contributed by atoms with Crippen molar-refractivity contribution in [3.8, 4) is 11.5 Å². The Morgan fingerprint density at radius 1 is 1.03 bits per heavy atom. The van der Waals surface area contributed by atoms with Gasteiger partial charge in [-0.3, -0.25) is 19.3 Å². The van der Waals surface area contributed by atoms with Gasteiger partial charge in [0.1, 0.15) is 11.5 Å². The van der Waals surface area contributed by atoms with Crippen molar-refractivity contribution in [1.82, 2.24) is 0 Å². The molecule has 2 aromatic rings. The van der Waals surface area contributed by atoms with E-state index in [1.807, 2.05) is 12.1 Å². The van der Waals surface area contributed by atoms with Gasteiger partial charge >= 0.3 is 0 Å². The summed E-state index contributed by atoms with van der Waals surface area (Å²) in [5, 5.41) is 0. The van der Waals surface area contributed by atoms with E-state index in [0.29, 0.717) is 47.6 Å². The van der Waals surface area contributed by atoms with Crippen LogP contribution in [0.1, 0.15) is 47.5 Å². The predicted molar refractivity (Wildman–Crippen MR) is 115 cm³/mol. The molecule has 4 rings (SSSR count). The average molecular weight is 420 g/mol. The SMILES string of the molecule is COc1ccc(C2CC(=O)N(c3ccc(C(N)=O)cc3)C3=C2C(=O)CCC3)c(OC)c1. The number of nitrogens with two attached hydrogens (primary N) is 1. The van der Waals surface area contributed by atoms with E-state index in [0.717, 1.165) is 11.3 Å². The number of ether oxygens (including phenoxy) is 2. The molecule has 2 aliphatic rings. The molecule has 7 heteroatoms. The lowest BCUT2D eigenvalue weighted by molar-refractivity contribution is -0.119. The van der Waals surface area contributed by atoms with Crippen LogP contribution in [0, 0.1) is 0 Å². The van der Waals surface area contributed by atoms with Gasteiger partial charge in [0.15, 0.2) is 5.78 Å². The zero-order valence-corrected chi connectivity index (χ0v) is 17.5. The number of carbonyl (C=O) groups is 3. The number of hydrogen-bond acceptors (Lipinski definition) is 5. The van der Waals surface area contributed by atoms with E-state index in [2.05, 4.69) is 0 Å². The molecule has 2 N–H and O–H groups in total. The van der Waals surface area contributed by atoms with Crippen LogP contribution in [0.5, 0.6) is 11.5 Å². The maximum Gasteiger partial charge on any atom is 0.248 e. The zero-order valence-electron chi connectivity index (χ0n) is 17.5. The Hall–Kier alpha value is -3.61. The number of allylic oxidation sites excluding steroid dienone is 2. The number of methoxy groups -OCH3 is 2. The van der Waals surface area contributed by atoms with E-state index in [1.165, 1.54) is 0 Å². The number of rotatable bonds is 5. The molecule has 31 heavy (non-hydrogen) atoms. The van der Waals surface area contributed by atoms with E-state index in [-0.39, 0.29) is 24.0 Å². The van der Waals surface area contributed by atoms with Gasteiger partial charge in [-0.25, -0.2) is 0 Å². The van der Waals surface area contributed by atoms with Crippen molar-refractivity contribution in [3.05, 3.63) is 64.9 Å². The quantitative estimate of drug-likeness (QED) is 0.800. The molecule has 1 atom stereocenters. The van der Waals surface area contributed by atoms with Gasteiger partial charge in [0.05, 0.1) is 14.2 Å². The maximum atomic E-state index is 13.3. The van der Waals surface area contributed by atoms with Crippen molar-refractivity contribution in [1.29, 1.82) is 0 Å². The smallest absolute Gasteiger partial charge is 0.248 e. The maximum absolute atomic E-state index is 13.3. The first-order valence-corrected chi connectivity index (χ1v) is 10.2. The fourth-order valence-corrected chi connectivity index (χ4v) is 4.44. The number of primary amides is 1. The molecule has 1 aliphatic carbocycles. The van der Waals surface area contributed by atoms with E-state index in [1.54, 1.807) is 49.5 Å². The van der Waals surface area contributed by atoms with E-state index in [9.17, 15) is 14.4 Å². The van der Waals surface area contributed by atoms with Gasteiger partial charge in [0, 0.05) is 52.9 Å². The van der Waals surface area contributed by atoms with Gasteiger partial charge in [-0.05, 0) is 43.2 Å². The minimum Gasteiger partial charge on any atom is -0.497 e. The van der Waals surface area contributed by atoms with Gasteiger partial charge in [0.2, 0.25) is 11.8 Å². The molecule has 1 aliphatic heterocycles. The van der Waals surface area contributed by atoms with Crippen molar-refractivity contribution < 1.29 is 23.9 Å². The molecule has 1 heterocycles. The van der Waals surface area contributed by atoms with Gasteiger partial charge in [-0.2, -0.15) is 0 Å². The fraction of sp³-hybridized carbons (Fsp3) is 0.292. The lowest BCUT2D eigenvalue weighted by Crippen LogP contribution is -2.40. The Morgan fingerprint density at radius 2 is 1.77 bits per heavy atom. The standard InChI is InChI=1S/C24H24N2O5/c1-30-16-10-11-17(21(12-16)31-2)18-13-22(28)26(19-4-3-5-20(27)23(18)19)15-8-6-14(7-9-15)24(25)29/h6-12,18H,3-5,13H2,1-2H3,(H2,25,29). The Kier molecular flexibility index (Phi) is 5.50. The third kappa shape index (κ3) is 3.67. The van der Waals surface area contributed by atoms with Crippen molar-refractivity contribution in [2.45, 2.75) is 31.6 Å². The molecule has 0 radical (unpaired) electrons. The summed E-state index contributed by atoms with van der Waals surface area (Å²) < 4.78 is 10.8. The van der Waals surface area contributed by atoms with E-state index < -0.39 is 5.91 Å². The van der Waals surface area contributed by atoms with Crippen LogP contribution in [0.4, 0.5) is 5.69 Å². The molecular weight excluding hydrogens is 396 g/mol. The van der Waals surface area contributed by atoms with Crippen LogP contribution in [0.3, 0.4) is 0 Å². The minimum absolute atomic E-state index is 0.0513. The largest absolute Gasteiger partial charge is 0.497 e. The molecule has 0 spiro atoms. The summed E-state index contributed by atoms with van der Waals surface area (Å²) in [6.45, 7) is 0. The molecule has 2 amide bonds.